The third-order valence-corrected chi connectivity index (χ3v) is 2.53. The van der Waals surface area contributed by atoms with Crippen LogP contribution in [0.25, 0.3) is 17.2 Å². The first-order chi connectivity index (χ1) is 8.25. The Kier molecular flexibility index (Phi) is 2.18. The topological polar surface area (TPSA) is 56.2 Å². The molecule has 0 amide bonds. The lowest BCUT2D eigenvalue weighted by molar-refractivity contribution is 0.573. The Morgan fingerprint density at radius 2 is 2.18 bits per heavy atom. The first-order valence-corrected chi connectivity index (χ1v) is 5.51. The number of aromatic nitrogens is 4. The van der Waals surface area contributed by atoms with Gasteiger partial charge in [0.15, 0.2) is 23.1 Å². The second-order valence-corrected chi connectivity index (χ2v) is 4.14. The second kappa shape index (κ2) is 3.69. The summed E-state index contributed by atoms with van der Waals surface area (Å²) in [5.41, 5.74) is 0.787. The Balaban J connectivity index is 2.25. The average Bonchev–Trinajstić information content (AvgIpc) is 2.97. The highest BCUT2D eigenvalue weighted by atomic mass is 16.3. The number of hydrogen-bond donors (Lipinski definition) is 0. The van der Waals surface area contributed by atoms with Crippen molar-refractivity contribution in [3.63, 3.8) is 0 Å². The van der Waals surface area contributed by atoms with Crippen molar-refractivity contribution in [1.29, 1.82) is 0 Å². The van der Waals surface area contributed by atoms with Crippen LogP contribution < -0.4 is 0 Å². The summed E-state index contributed by atoms with van der Waals surface area (Å²) in [5, 5.41) is 4.45. The van der Waals surface area contributed by atoms with E-state index >= 15 is 0 Å². The van der Waals surface area contributed by atoms with E-state index in [9.17, 15) is 0 Å². The molecular weight excluding hydrogens is 216 g/mol. The van der Waals surface area contributed by atoms with Gasteiger partial charge in [-0.1, -0.05) is 13.8 Å². The average molecular weight is 228 g/mol. The van der Waals surface area contributed by atoms with Gasteiger partial charge in [-0.25, -0.2) is 9.97 Å². The van der Waals surface area contributed by atoms with Gasteiger partial charge in [0.1, 0.15) is 0 Å². The molecule has 0 saturated heterocycles. The van der Waals surface area contributed by atoms with Crippen molar-refractivity contribution in [2.75, 3.05) is 0 Å². The molecule has 0 aliphatic carbocycles. The molecule has 3 aromatic rings. The minimum Gasteiger partial charge on any atom is -0.461 e. The molecule has 0 aromatic carbocycles. The number of fused-ring (bicyclic) bond motifs is 1. The minimum absolute atomic E-state index is 0.291. The van der Waals surface area contributed by atoms with Crippen LogP contribution in [-0.4, -0.2) is 19.6 Å². The Labute approximate surface area is 98.1 Å². The lowest BCUT2D eigenvalue weighted by atomic mass is 10.2. The van der Waals surface area contributed by atoms with Gasteiger partial charge in [0.2, 0.25) is 0 Å². The molecular formula is C12H12N4O. The van der Waals surface area contributed by atoms with Crippen LogP contribution in [0.2, 0.25) is 0 Å². The smallest absolute Gasteiger partial charge is 0.198 e. The zero-order valence-electron chi connectivity index (χ0n) is 9.66. The third kappa shape index (κ3) is 1.60. The molecule has 0 spiro atoms. The van der Waals surface area contributed by atoms with Crippen molar-refractivity contribution in [1.82, 2.24) is 19.6 Å². The fourth-order valence-corrected chi connectivity index (χ4v) is 1.65. The van der Waals surface area contributed by atoms with Crippen molar-refractivity contribution < 1.29 is 4.42 Å². The predicted molar refractivity (Wildman–Crippen MR) is 62.6 cm³/mol. The van der Waals surface area contributed by atoms with Crippen LogP contribution in [0, 0.1) is 0 Å². The maximum Gasteiger partial charge on any atom is 0.198 e. The molecule has 5 heteroatoms. The zero-order chi connectivity index (χ0) is 11.8. The molecule has 0 saturated carbocycles. The summed E-state index contributed by atoms with van der Waals surface area (Å²) in [4.78, 5) is 8.74. The molecule has 86 valence electrons. The van der Waals surface area contributed by atoms with Gasteiger partial charge in [0, 0.05) is 18.2 Å². The van der Waals surface area contributed by atoms with Crippen LogP contribution >= 0.6 is 0 Å². The summed E-state index contributed by atoms with van der Waals surface area (Å²) in [7, 11) is 0. The van der Waals surface area contributed by atoms with E-state index in [1.807, 2.05) is 18.2 Å². The van der Waals surface area contributed by atoms with E-state index in [1.165, 1.54) is 0 Å². The van der Waals surface area contributed by atoms with E-state index < -0.39 is 0 Å². The Hall–Kier alpha value is -2.17. The van der Waals surface area contributed by atoms with E-state index in [0.717, 1.165) is 11.5 Å². The SMILES string of the molecule is CC(C)c1nc2ccnc(-c3ccco3)n2n1. The monoisotopic (exact) mass is 228 g/mol. The minimum atomic E-state index is 0.291. The zero-order valence-corrected chi connectivity index (χ0v) is 9.66. The highest BCUT2D eigenvalue weighted by Crippen LogP contribution is 2.19. The third-order valence-electron chi connectivity index (χ3n) is 2.53. The van der Waals surface area contributed by atoms with Crippen LogP contribution in [0.4, 0.5) is 0 Å². The summed E-state index contributed by atoms with van der Waals surface area (Å²) in [6.45, 7) is 4.13. The molecule has 0 atom stereocenters. The Morgan fingerprint density at radius 3 is 2.88 bits per heavy atom. The highest BCUT2D eigenvalue weighted by Gasteiger charge is 2.13. The fourth-order valence-electron chi connectivity index (χ4n) is 1.65. The molecule has 3 heterocycles. The molecule has 0 aliphatic heterocycles. The standard InChI is InChI=1S/C12H12N4O/c1-8(2)11-14-10-5-6-13-12(16(10)15-11)9-4-3-7-17-9/h3-8H,1-2H3. The molecule has 0 unspecified atom stereocenters. The summed E-state index contributed by atoms with van der Waals surface area (Å²) in [5.74, 6) is 2.47. The van der Waals surface area contributed by atoms with E-state index in [4.69, 9.17) is 4.42 Å². The summed E-state index contributed by atoms with van der Waals surface area (Å²) in [6, 6.07) is 5.53. The van der Waals surface area contributed by atoms with E-state index in [1.54, 1.807) is 17.0 Å². The Bertz CT molecular complexity index is 640. The second-order valence-electron chi connectivity index (χ2n) is 4.14. The van der Waals surface area contributed by atoms with E-state index in [2.05, 4.69) is 28.9 Å². The summed E-state index contributed by atoms with van der Waals surface area (Å²) >= 11 is 0. The van der Waals surface area contributed by atoms with Crippen molar-refractivity contribution in [2.45, 2.75) is 19.8 Å². The number of furan rings is 1. The van der Waals surface area contributed by atoms with Crippen LogP contribution in [0.1, 0.15) is 25.6 Å². The van der Waals surface area contributed by atoms with Gasteiger partial charge < -0.3 is 4.42 Å². The normalized spacial score (nSPS) is 11.5. The Morgan fingerprint density at radius 1 is 1.29 bits per heavy atom. The molecule has 0 radical (unpaired) electrons. The molecule has 17 heavy (non-hydrogen) atoms. The summed E-state index contributed by atoms with van der Waals surface area (Å²) in [6.07, 6.45) is 3.34. The molecule has 0 fully saturated rings. The van der Waals surface area contributed by atoms with Crippen molar-refractivity contribution in [3.8, 4) is 11.6 Å². The van der Waals surface area contributed by atoms with Crippen LogP contribution in [-0.2, 0) is 0 Å². The fraction of sp³-hybridized carbons (Fsp3) is 0.250. The van der Waals surface area contributed by atoms with Crippen molar-refractivity contribution >= 4 is 5.65 Å². The highest BCUT2D eigenvalue weighted by molar-refractivity contribution is 5.52. The van der Waals surface area contributed by atoms with Gasteiger partial charge >= 0.3 is 0 Å². The predicted octanol–water partition coefficient (Wildman–Crippen LogP) is 2.51. The summed E-state index contributed by atoms with van der Waals surface area (Å²) < 4.78 is 7.06. The van der Waals surface area contributed by atoms with Gasteiger partial charge in [-0.05, 0) is 12.1 Å². The lowest BCUT2D eigenvalue weighted by Crippen LogP contribution is -1.97. The largest absolute Gasteiger partial charge is 0.461 e. The molecule has 3 aromatic heterocycles. The van der Waals surface area contributed by atoms with Crippen molar-refractivity contribution in [2.24, 2.45) is 0 Å². The van der Waals surface area contributed by atoms with Crippen molar-refractivity contribution in [3.05, 3.63) is 36.5 Å². The molecule has 5 nitrogen and oxygen atoms in total. The quantitative estimate of drug-likeness (QED) is 0.676. The van der Waals surface area contributed by atoms with Gasteiger partial charge in [-0.15, -0.1) is 5.10 Å². The molecule has 0 N–H and O–H groups in total. The van der Waals surface area contributed by atoms with E-state index in [0.29, 0.717) is 17.5 Å². The van der Waals surface area contributed by atoms with Gasteiger partial charge in [-0.2, -0.15) is 4.52 Å². The first-order valence-electron chi connectivity index (χ1n) is 5.51. The molecule has 0 bridgehead atoms. The number of hydrogen-bond acceptors (Lipinski definition) is 4. The number of nitrogens with zero attached hydrogens (tertiary/aromatic N) is 4. The maximum atomic E-state index is 5.35. The van der Waals surface area contributed by atoms with Crippen LogP contribution in [0.15, 0.2) is 35.1 Å². The van der Waals surface area contributed by atoms with Gasteiger partial charge in [0.25, 0.3) is 0 Å². The van der Waals surface area contributed by atoms with E-state index in [-0.39, 0.29) is 0 Å². The number of rotatable bonds is 2. The van der Waals surface area contributed by atoms with Crippen LogP contribution in [0.5, 0.6) is 0 Å². The van der Waals surface area contributed by atoms with Crippen LogP contribution in [0.3, 0.4) is 0 Å². The first kappa shape index (κ1) is 10.0. The maximum absolute atomic E-state index is 5.35. The molecule has 3 rings (SSSR count). The lowest BCUT2D eigenvalue weighted by Gasteiger charge is -1.98. The van der Waals surface area contributed by atoms with Gasteiger partial charge in [0.05, 0.1) is 6.26 Å². The molecule has 0 aliphatic rings. The van der Waals surface area contributed by atoms with Gasteiger partial charge in [-0.3, -0.25) is 0 Å².